The Hall–Kier alpha value is -0.410. The van der Waals surface area contributed by atoms with E-state index in [2.05, 4.69) is 17.2 Å². The molecule has 0 saturated carbocycles. The van der Waals surface area contributed by atoms with Crippen LogP contribution in [0.1, 0.15) is 22.5 Å². The summed E-state index contributed by atoms with van der Waals surface area (Å²) in [4.78, 5) is 6.00. The summed E-state index contributed by atoms with van der Waals surface area (Å²) in [7, 11) is 0. The molecular weight excluding hydrogens is 156 g/mol. The predicted molar refractivity (Wildman–Crippen MR) is 46.9 cm³/mol. The fraction of sp³-hybridized carbons (Fsp3) is 0.625. The maximum absolute atomic E-state index is 4.55. The van der Waals surface area contributed by atoms with Crippen LogP contribution in [0.15, 0.2) is 0 Å². The van der Waals surface area contributed by atoms with Gasteiger partial charge >= 0.3 is 0 Å². The molecule has 0 aliphatic carbocycles. The Morgan fingerprint density at radius 1 is 1.64 bits per heavy atom. The fourth-order valence-electron chi connectivity index (χ4n) is 1.33. The summed E-state index contributed by atoms with van der Waals surface area (Å²) in [5.41, 5.74) is 1.34. The van der Waals surface area contributed by atoms with Crippen molar-refractivity contribution in [2.24, 2.45) is 0 Å². The highest BCUT2D eigenvalue weighted by molar-refractivity contribution is 7.11. The van der Waals surface area contributed by atoms with Crippen LogP contribution in [0.25, 0.3) is 0 Å². The number of hydrogen-bond acceptors (Lipinski definition) is 3. The Bertz CT molecular complexity index is 231. The smallest absolute Gasteiger partial charge is 0.0928 e. The van der Waals surface area contributed by atoms with Crippen molar-refractivity contribution in [3.05, 3.63) is 15.6 Å². The highest BCUT2D eigenvalue weighted by Gasteiger charge is 2.12. The maximum atomic E-state index is 4.55. The van der Waals surface area contributed by atoms with Gasteiger partial charge in [-0.3, -0.25) is 0 Å². The number of thiazole rings is 1. The molecule has 0 spiro atoms. The average molecular weight is 168 g/mol. The molecular formula is C8H12N2S. The molecule has 1 aliphatic heterocycles. The monoisotopic (exact) mass is 168 g/mol. The molecule has 0 fully saturated rings. The molecule has 0 bridgehead atoms. The first-order valence-corrected chi connectivity index (χ1v) is 4.90. The third kappa shape index (κ3) is 1.30. The van der Waals surface area contributed by atoms with Gasteiger partial charge in [-0.25, -0.2) is 4.98 Å². The zero-order valence-corrected chi connectivity index (χ0v) is 7.50. The third-order valence-corrected chi connectivity index (χ3v) is 3.19. The second kappa shape index (κ2) is 2.91. The van der Waals surface area contributed by atoms with Gasteiger partial charge in [0.25, 0.3) is 0 Å². The lowest BCUT2D eigenvalue weighted by atomic mass is 10.2. The molecule has 1 N–H and O–H groups in total. The summed E-state index contributed by atoms with van der Waals surface area (Å²) in [6.07, 6.45) is 2.20. The molecule has 1 aromatic heterocycles. The minimum absolute atomic E-state index is 1.03. The molecule has 0 atom stereocenters. The van der Waals surface area contributed by atoms with Crippen LogP contribution in [0.5, 0.6) is 0 Å². The molecule has 1 aliphatic rings. The first-order chi connectivity index (χ1) is 5.40. The number of fused-ring (bicyclic) bond motifs is 1. The number of hydrogen-bond donors (Lipinski definition) is 1. The van der Waals surface area contributed by atoms with Crippen molar-refractivity contribution in [1.29, 1.82) is 0 Å². The third-order valence-electron chi connectivity index (χ3n) is 1.95. The number of nitrogens with zero attached hydrogens (tertiary/aromatic N) is 1. The summed E-state index contributed by atoms with van der Waals surface area (Å²) in [5.74, 6) is 0. The van der Waals surface area contributed by atoms with Crippen LogP contribution in [0, 0.1) is 0 Å². The molecule has 0 unspecified atom stereocenters. The van der Waals surface area contributed by atoms with Crippen LogP contribution < -0.4 is 5.32 Å². The number of rotatable bonds is 1. The van der Waals surface area contributed by atoms with Gasteiger partial charge in [0.15, 0.2) is 0 Å². The summed E-state index contributed by atoms with van der Waals surface area (Å²) >= 11 is 1.86. The first kappa shape index (κ1) is 7.25. The molecule has 0 amide bonds. The fourth-order valence-corrected chi connectivity index (χ4v) is 2.35. The van der Waals surface area contributed by atoms with Gasteiger partial charge in [0.2, 0.25) is 0 Å². The lowest BCUT2D eigenvalue weighted by Crippen LogP contribution is -2.22. The first-order valence-electron chi connectivity index (χ1n) is 4.08. The molecule has 0 saturated heterocycles. The van der Waals surface area contributed by atoms with E-state index in [9.17, 15) is 0 Å². The van der Waals surface area contributed by atoms with Crippen molar-refractivity contribution in [3.8, 4) is 0 Å². The minimum atomic E-state index is 1.03. The van der Waals surface area contributed by atoms with E-state index in [0.717, 1.165) is 25.9 Å². The van der Waals surface area contributed by atoms with E-state index < -0.39 is 0 Å². The normalized spacial score (nSPS) is 16.5. The SMILES string of the molecule is CCc1nc2c(s1)CNCC2. The second-order valence-electron chi connectivity index (χ2n) is 2.76. The molecule has 60 valence electrons. The van der Waals surface area contributed by atoms with Gasteiger partial charge in [0.05, 0.1) is 10.7 Å². The lowest BCUT2D eigenvalue weighted by molar-refractivity contribution is 0.643. The summed E-state index contributed by atoms with van der Waals surface area (Å²) in [6, 6.07) is 0. The van der Waals surface area contributed by atoms with Crippen LogP contribution in [-0.2, 0) is 19.4 Å². The van der Waals surface area contributed by atoms with Gasteiger partial charge in [-0.15, -0.1) is 11.3 Å². The molecule has 11 heavy (non-hydrogen) atoms. The molecule has 0 radical (unpaired) electrons. The van der Waals surface area contributed by atoms with Gasteiger partial charge < -0.3 is 5.32 Å². The van der Waals surface area contributed by atoms with Gasteiger partial charge in [0.1, 0.15) is 0 Å². The van der Waals surface area contributed by atoms with Crippen molar-refractivity contribution in [2.45, 2.75) is 26.3 Å². The van der Waals surface area contributed by atoms with E-state index in [-0.39, 0.29) is 0 Å². The van der Waals surface area contributed by atoms with Gasteiger partial charge in [-0.2, -0.15) is 0 Å². The van der Waals surface area contributed by atoms with Crippen LogP contribution in [0.4, 0.5) is 0 Å². The summed E-state index contributed by atoms with van der Waals surface area (Å²) in [6.45, 7) is 4.30. The van der Waals surface area contributed by atoms with E-state index in [1.807, 2.05) is 11.3 Å². The molecule has 2 rings (SSSR count). The van der Waals surface area contributed by atoms with Crippen molar-refractivity contribution < 1.29 is 0 Å². The Balaban J connectivity index is 2.32. The summed E-state index contributed by atoms with van der Waals surface area (Å²) < 4.78 is 0. The molecule has 2 nitrogen and oxygen atoms in total. The topological polar surface area (TPSA) is 24.9 Å². The van der Waals surface area contributed by atoms with Crippen LogP contribution in [0.2, 0.25) is 0 Å². The van der Waals surface area contributed by atoms with Crippen molar-refractivity contribution >= 4 is 11.3 Å². The number of aryl methyl sites for hydroxylation is 1. The quantitative estimate of drug-likeness (QED) is 0.684. The van der Waals surface area contributed by atoms with E-state index in [1.54, 1.807) is 0 Å². The summed E-state index contributed by atoms with van der Waals surface area (Å²) in [5, 5.41) is 4.64. The Morgan fingerprint density at radius 3 is 3.27 bits per heavy atom. The van der Waals surface area contributed by atoms with Gasteiger partial charge in [-0.1, -0.05) is 6.92 Å². The Kier molecular flexibility index (Phi) is 1.92. The Morgan fingerprint density at radius 2 is 2.55 bits per heavy atom. The standard InChI is InChI=1S/C8H12N2S/c1-2-8-10-6-3-4-9-5-7(6)11-8/h9H,2-5H2,1H3. The van der Waals surface area contributed by atoms with Crippen molar-refractivity contribution in [1.82, 2.24) is 10.3 Å². The van der Waals surface area contributed by atoms with E-state index in [4.69, 9.17) is 0 Å². The van der Waals surface area contributed by atoms with E-state index in [0.29, 0.717) is 0 Å². The molecule has 2 heterocycles. The van der Waals surface area contributed by atoms with Crippen LogP contribution >= 0.6 is 11.3 Å². The van der Waals surface area contributed by atoms with E-state index >= 15 is 0 Å². The minimum Gasteiger partial charge on any atom is -0.311 e. The average Bonchev–Trinajstić information content (AvgIpc) is 2.46. The predicted octanol–water partition coefficient (Wildman–Crippen LogP) is 1.35. The number of aromatic nitrogens is 1. The van der Waals surface area contributed by atoms with Gasteiger partial charge in [-0.05, 0) is 6.42 Å². The molecule has 3 heteroatoms. The lowest BCUT2D eigenvalue weighted by Gasteiger charge is -2.09. The van der Waals surface area contributed by atoms with E-state index in [1.165, 1.54) is 15.6 Å². The van der Waals surface area contributed by atoms with Crippen LogP contribution in [0.3, 0.4) is 0 Å². The van der Waals surface area contributed by atoms with Crippen molar-refractivity contribution in [2.75, 3.05) is 6.54 Å². The zero-order chi connectivity index (χ0) is 7.68. The van der Waals surface area contributed by atoms with Crippen molar-refractivity contribution in [3.63, 3.8) is 0 Å². The molecule has 0 aromatic carbocycles. The highest BCUT2D eigenvalue weighted by Crippen LogP contribution is 2.21. The van der Waals surface area contributed by atoms with Crippen LogP contribution in [-0.4, -0.2) is 11.5 Å². The van der Waals surface area contributed by atoms with Gasteiger partial charge in [0, 0.05) is 24.4 Å². The molecule has 1 aromatic rings. The number of nitrogens with one attached hydrogen (secondary N) is 1. The Labute approximate surface area is 70.7 Å². The maximum Gasteiger partial charge on any atom is 0.0928 e. The largest absolute Gasteiger partial charge is 0.311 e. The highest BCUT2D eigenvalue weighted by atomic mass is 32.1. The zero-order valence-electron chi connectivity index (χ0n) is 6.68. The second-order valence-corrected chi connectivity index (χ2v) is 3.93.